The van der Waals surface area contributed by atoms with Crippen LogP contribution in [0.25, 0.3) is 0 Å². The molecule has 6 heteroatoms. The Bertz CT molecular complexity index is 544. The average molecular weight is 269 g/mol. The summed E-state index contributed by atoms with van der Waals surface area (Å²) >= 11 is 0. The summed E-state index contributed by atoms with van der Waals surface area (Å²) in [5, 5.41) is 2.58. The van der Waals surface area contributed by atoms with E-state index >= 15 is 0 Å². The Kier molecular flexibility index (Phi) is 3.59. The van der Waals surface area contributed by atoms with E-state index < -0.39 is 11.7 Å². The van der Waals surface area contributed by atoms with Gasteiger partial charge in [-0.15, -0.1) is 0 Å². The minimum absolute atomic E-state index is 0.155. The Morgan fingerprint density at radius 1 is 1.16 bits per heavy atom. The van der Waals surface area contributed by atoms with Crippen molar-refractivity contribution in [3.05, 3.63) is 59.5 Å². The highest BCUT2D eigenvalue weighted by Crippen LogP contribution is 2.29. The third-order valence-electron chi connectivity index (χ3n) is 2.52. The average Bonchev–Trinajstić information content (AvgIpc) is 2.89. The molecule has 1 aromatic carbocycles. The van der Waals surface area contributed by atoms with Crippen molar-refractivity contribution in [2.24, 2.45) is 0 Å². The molecule has 1 aromatic heterocycles. The van der Waals surface area contributed by atoms with Gasteiger partial charge in [0, 0.05) is 6.54 Å². The number of carbonyl (C=O) groups is 1. The molecule has 0 bridgehead atoms. The highest BCUT2D eigenvalue weighted by atomic mass is 19.4. The molecule has 3 nitrogen and oxygen atoms in total. The predicted octanol–water partition coefficient (Wildman–Crippen LogP) is 3.23. The van der Waals surface area contributed by atoms with Crippen LogP contribution >= 0.6 is 0 Å². The number of hydrogen-bond donors (Lipinski definition) is 1. The van der Waals surface area contributed by atoms with Crippen LogP contribution in [0.3, 0.4) is 0 Å². The van der Waals surface area contributed by atoms with Crippen LogP contribution in [0.5, 0.6) is 0 Å². The van der Waals surface area contributed by atoms with Crippen molar-refractivity contribution in [3.63, 3.8) is 0 Å². The Hall–Kier alpha value is -2.24. The summed E-state index contributed by atoms with van der Waals surface area (Å²) in [6.07, 6.45) is -1.69. The number of alkyl halides is 3. The monoisotopic (exact) mass is 269 g/mol. The topological polar surface area (TPSA) is 42.2 Å². The first-order chi connectivity index (χ1) is 8.97. The van der Waals surface area contributed by atoms with E-state index in [2.05, 4.69) is 5.32 Å². The fourth-order valence-electron chi connectivity index (χ4n) is 1.49. The molecule has 1 heterocycles. The number of nitrogens with one attached hydrogen (secondary N) is 1. The number of halogens is 3. The molecule has 1 N–H and O–H groups in total. The van der Waals surface area contributed by atoms with Crippen molar-refractivity contribution in [2.75, 3.05) is 0 Å². The Morgan fingerprint density at radius 3 is 2.37 bits per heavy atom. The maximum Gasteiger partial charge on any atom is 0.416 e. The minimum atomic E-state index is -4.35. The Labute approximate surface area is 107 Å². The van der Waals surface area contributed by atoms with Crippen molar-refractivity contribution in [2.45, 2.75) is 12.7 Å². The molecule has 1 amide bonds. The Balaban J connectivity index is 1.95. The van der Waals surface area contributed by atoms with Gasteiger partial charge in [-0.3, -0.25) is 4.79 Å². The van der Waals surface area contributed by atoms with E-state index in [1.807, 2.05) is 0 Å². The molecular weight excluding hydrogens is 259 g/mol. The van der Waals surface area contributed by atoms with Crippen LogP contribution in [-0.2, 0) is 12.7 Å². The molecule has 2 aromatic rings. The summed E-state index contributed by atoms with van der Waals surface area (Å²) in [5.74, 6) is -0.339. The van der Waals surface area contributed by atoms with Crippen LogP contribution in [0, 0.1) is 0 Å². The molecule has 0 fully saturated rings. The van der Waals surface area contributed by atoms with E-state index in [0.717, 1.165) is 12.1 Å². The van der Waals surface area contributed by atoms with Gasteiger partial charge >= 0.3 is 6.18 Å². The minimum Gasteiger partial charge on any atom is -0.472 e. The van der Waals surface area contributed by atoms with Gasteiger partial charge < -0.3 is 9.73 Å². The second-order valence-corrected chi connectivity index (χ2v) is 3.89. The van der Waals surface area contributed by atoms with E-state index in [-0.39, 0.29) is 12.5 Å². The summed E-state index contributed by atoms with van der Waals surface area (Å²) in [6, 6.07) is 6.14. The van der Waals surface area contributed by atoms with Crippen LogP contribution in [0.15, 0.2) is 47.3 Å². The standard InChI is InChI=1S/C13H10F3NO2/c14-13(15,16)11-3-1-9(2-4-11)7-17-12(18)10-5-6-19-8-10/h1-6,8H,7H2,(H,17,18). The third kappa shape index (κ3) is 3.37. The molecule has 0 aliphatic rings. The first-order valence-corrected chi connectivity index (χ1v) is 5.43. The zero-order valence-electron chi connectivity index (χ0n) is 9.70. The van der Waals surface area contributed by atoms with Gasteiger partial charge in [0.2, 0.25) is 0 Å². The first-order valence-electron chi connectivity index (χ1n) is 5.43. The van der Waals surface area contributed by atoms with Gasteiger partial charge in [-0.1, -0.05) is 12.1 Å². The van der Waals surface area contributed by atoms with E-state index in [9.17, 15) is 18.0 Å². The van der Waals surface area contributed by atoms with Crippen LogP contribution in [0.1, 0.15) is 21.5 Å². The summed E-state index contributed by atoms with van der Waals surface area (Å²) in [6.45, 7) is 0.155. The molecule has 0 atom stereocenters. The lowest BCUT2D eigenvalue weighted by atomic mass is 10.1. The largest absolute Gasteiger partial charge is 0.472 e. The second-order valence-electron chi connectivity index (χ2n) is 3.89. The SMILES string of the molecule is O=C(NCc1ccc(C(F)(F)F)cc1)c1ccoc1. The van der Waals surface area contributed by atoms with Crippen molar-refractivity contribution in [1.29, 1.82) is 0 Å². The normalized spacial score (nSPS) is 11.3. The van der Waals surface area contributed by atoms with Gasteiger partial charge in [-0.2, -0.15) is 13.2 Å². The molecule has 0 spiro atoms. The van der Waals surface area contributed by atoms with Crippen molar-refractivity contribution < 1.29 is 22.4 Å². The number of hydrogen-bond acceptors (Lipinski definition) is 2. The molecule has 0 aliphatic carbocycles. The molecule has 100 valence electrons. The number of furan rings is 1. The predicted molar refractivity (Wildman–Crippen MR) is 61.3 cm³/mol. The molecule has 0 saturated heterocycles. The van der Waals surface area contributed by atoms with E-state index in [1.165, 1.54) is 30.7 Å². The molecular formula is C13H10F3NO2. The molecule has 0 aliphatic heterocycles. The lowest BCUT2D eigenvalue weighted by Gasteiger charge is -2.08. The molecule has 0 saturated carbocycles. The van der Waals surface area contributed by atoms with Gasteiger partial charge in [0.1, 0.15) is 6.26 Å². The maximum atomic E-state index is 12.3. The summed E-state index contributed by atoms with van der Waals surface area (Å²) in [4.78, 5) is 11.6. The van der Waals surface area contributed by atoms with E-state index in [4.69, 9.17) is 4.42 Å². The van der Waals surface area contributed by atoms with Crippen LogP contribution in [0.2, 0.25) is 0 Å². The number of benzene rings is 1. The Morgan fingerprint density at radius 2 is 1.84 bits per heavy atom. The maximum absolute atomic E-state index is 12.3. The number of amides is 1. The number of rotatable bonds is 3. The number of carbonyl (C=O) groups excluding carboxylic acids is 1. The zero-order chi connectivity index (χ0) is 13.9. The first kappa shape index (κ1) is 13.2. The van der Waals surface area contributed by atoms with Crippen LogP contribution in [0.4, 0.5) is 13.2 Å². The van der Waals surface area contributed by atoms with Crippen molar-refractivity contribution in [1.82, 2.24) is 5.32 Å². The van der Waals surface area contributed by atoms with Gasteiger partial charge in [-0.05, 0) is 23.8 Å². The van der Waals surface area contributed by atoms with E-state index in [1.54, 1.807) is 0 Å². The van der Waals surface area contributed by atoms with Crippen molar-refractivity contribution in [3.8, 4) is 0 Å². The quantitative estimate of drug-likeness (QED) is 0.929. The highest BCUT2D eigenvalue weighted by molar-refractivity contribution is 5.93. The third-order valence-corrected chi connectivity index (χ3v) is 2.52. The molecule has 0 unspecified atom stereocenters. The molecule has 0 radical (unpaired) electrons. The molecule has 2 rings (SSSR count). The smallest absolute Gasteiger partial charge is 0.416 e. The fraction of sp³-hybridized carbons (Fsp3) is 0.154. The van der Waals surface area contributed by atoms with Gasteiger partial charge in [-0.25, -0.2) is 0 Å². The van der Waals surface area contributed by atoms with Crippen molar-refractivity contribution >= 4 is 5.91 Å². The highest BCUT2D eigenvalue weighted by Gasteiger charge is 2.29. The van der Waals surface area contributed by atoms with Crippen LogP contribution < -0.4 is 5.32 Å². The lowest BCUT2D eigenvalue weighted by molar-refractivity contribution is -0.137. The summed E-state index contributed by atoms with van der Waals surface area (Å²) in [7, 11) is 0. The second kappa shape index (κ2) is 5.17. The fourth-order valence-corrected chi connectivity index (χ4v) is 1.49. The van der Waals surface area contributed by atoms with Gasteiger partial charge in [0.25, 0.3) is 5.91 Å². The van der Waals surface area contributed by atoms with Gasteiger partial charge in [0.15, 0.2) is 0 Å². The van der Waals surface area contributed by atoms with Gasteiger partial charge in [0.05, 0.1) is 17.4 Å². The van der Waals surface area contributed by atoms with E-state index in [0.29, 0.717) is 11.1 Å². The lowest BCUT2D eigenvalue weighted by Crippen LogP contribution is -2.22. The zero-order valence-corrected chi connectivity index (χ0v) is 9.70. The summed E-state index contributed by atoms with van der Waals surface area (Å²) in [5.41, 5.74) is 0.245. The molecule has 19 heavy (non-hydrogen) atoms. The summed E-state index contributed by atoms with van der Waals surface area (Å²) < 4.78 is 41.8. The van der Waals surface area contributed by atoms with Crippen LogP contribution in [-0.4, -0.2) is 5.91 Å².